The van der Waals surface area contributed by atoms with Gasteiger partial charge in [-0.1, -0.05) is 22.8 Å². The highest BCUT2D eigenvalue weighted by Gasteiger charge is 2.18. The molecule has 8 heteroatoms. The predicted molar refractivity (Wildman–Crippen MR) is 114 cm³/mol. The first-order valence-electron chi connectivity index (χ1n) is 9.73. The molecule has 7 nitrogen and oxygen atoms in total. The van der Waals surface area contributed by atoms with Crippen molar-refractivity contribution >= 4 is 39.5 Å². The number of carbonyl (C=O) groups excluding carboxylic acids is 1. The number of pyridine rings is 1. The Hall–Kier alpha value is -2.54. The molecule has 1 N–H and O–H groups in total. The van der Waals surface area contributed by atoms with E-state index in [9.17, 15) is 9.59 Å². The number of aryl methyl sites for hydroxylation is 2. The van der Waals surface area contributed by atoms with Gasteiger partial charge in [-0.3, -0.25) is 4.79 Å². The summed E-state index contributed by atoms with van der Waals surface area (Å²) in [4.78, 5) is 24.7. The number of nitrogens with zero attached hydrogens (tertiary/aromatic N) is 2. The quantitative estimate of drug-likeness (QED) is 0.580. The second-order valence-electron chi connectivity index (χ2n) is 8.04. The molecule has 0 unspecified atom stereocenters. The van der Waals surface area contributed by atoms with Crippen LogP contribution in [0.2, 0.25) is 5.02 Å². The van der Waals surface area contributed by atoms with Crippen LogP contribution in [0.25, 0.3) is 21.8 Å². The summed E-state index contributed by atoms with van der Waals surface area (Å²) >= 11 is 6.40. The minimum Gasteiger partial charge on any atom is -0.444 e. The minimum absolute atomic E-state index is 0.125. The lowest BCUT2D eigenvalue weighted by atomic mass is 10.1. The molecule has 1 amide bonds. The monoisotopic (exact) mass is 419 g/mol. The van der Waals surface area contributed by atoms with E-state index in [0.717, 1.165) is 30.2 Å². The summed E-state index contributed by atoms with van der Waals surface area (Å²) in [6, 6.07) is 5.48. The van der Waals surface area contributed by atoms with Crippen LogP contribution in [0.5, 0.6) is 0 Å². The van der Waals surface area contributed by atoms with Crippen LogP contribution in [-0.4, -0.2) is 28.0 Å². The number of unbranched alkanes of at least 4 members (excludes halogenated alkanes) is 2. The van der Waals surface area contributed by atoms with Gasteiger partial charge in [0.2, 0.25) is 0 Å². The van der Waals surface area contributed by atoms with Gasteiger partial charge < -0.3 is 19.1 Å². The summed E-state index contributed by atoms with van der Waals surface area (Å²) in [5, 5.41) is 8.53. The van der Waals surface area contributed by atoms with E-state index in [1.165, 1.54) is 0 Å². The van der Waals surface area contributed by atoms with E-state index in [1.807, 2.05) is 32.9 Å². The maximum atomic E-state index is 13.0. The maximum absolute atomic E-state index is 13.0. The molecule has 3 aromatic rings. The molecule has 0 atom stereocenters. The number of rotatable bonds is 6. The van der Waals surface area contributed by atoms with Crippen molar-refractivity contribution in [1.82, 2.24) is 15.0 Å². The van der Waals surface area contributed by atoms with Gasteiger partial charge in [-0.2, -0.15) is 0 Å². The Morgan fingerprint density at radius 2 is 2.00 bits per heavy atom. The van der Waals surface area contributed by atoms with Crippen LogP contribution >= 0.6 is 11.6 Å². The molecule has 0 bridgehead atoms. The zero-order valence-corrected chi connectivity index (χ0v) is 17.9. The number of carbonyl (C=O) groups is 1. The van der Waals surface area contributed by atoms with Crippen molar-refractivity contribution in [3.05, 3.63) is 39.3 Å². The fourth-order valence-electron chi connectivity index (χ4n) is 3.31. The number of alkyl carbamates (subject to hydrolysis) is 1. The standard InChI is InChI=1S/C21H26ClN3O4/c1-13-16-18(24-29-13)17-14(22)9-8-10-15(17)25(19(16)26)12-7-5-6-11-23-20(27)28-21(2,3)4/h8-10H,5-7,11-12H2,1-4H3,(H,23,27). The molecule has 0 radical (unpaired) electrons. The van der Waals surface area contributed by atoms with Gasteiger partial charge in [0.1, 0.15) is 22.3 Å². The van der Waals surface area contributed by atoms with E-state index >= 15 is 0 Å². The molecule has 0 saturated carbocycles. The third-order valence-corrected chi connectivity index (χ3v) is 4.88. The molecule has 29 heavy (non-hydrogen) atoms. The van der Waals surface area contributed by atoms with E-state index in [1.54, 1.807) is 17.6 Å². The van der Waals surface area contributed by atoms with Crippen molar-refractivity contribution in [2.45, 2.75) is 59.1 Å². The number of hydrogen-bond donors (Lipinski definition) is 1. The van der Waals surface area contributed by atoms with Gasteiger partial charge in [0, 0.05) is 18.5 Å². The first kappa shape index (κ1) is 21.2. The third-order valence-electron chi connectivity index (χ3n) is 4.57. The topological polar surface area (TPSA) is 86.4 Å². The number of hydrogen-bond acceptors (Lipinski definition) is 5. The predicted octanol–water partition coefficient (Wildman–Crippen LogP) is 4.80. The summed E-state index contributed by atoms with van der Waals surface area (Å²) < 4.78 is 12.2. The van der Waals surface area contributed by atoms with Crippen LogP contribution in [-0.2, 0) is 11.3 Å². The van der Waals surface area contributed by atoms with Crippen LogP contribution in [0.4, 0.5) is 4.79 Å². The molecule has 0 aliphatic heterocycles. The van der Waals surface area contributed by atoms with Crippen LogP contribution in [0.3, 0.4) is 0 Å². The maximum Gasteiger partial charge on any atom is 0.407 e. The van der Waals surface area contributed by atoms with E-state index in [2.05, 4.69) is 10.5 Å². The molecule has 2 heterocycles. The van der Waals surface area contributed by atoms with Crippen LogP contribution in [0, 0.1) is 6.92 Å². The van der Waals surface area contributed by atoms with Crippen LogP contribution < -0.4 is 10.9 Å². The van der Waals surface area contributed by atoms with Crippen molar-refractivity contribution in [3.63, 3.8) is 0 Å². The molecular formula is C21H26ClN3O4. The molecule has 156 valence electrons. The molecule has 2 aromatic heterocycles. The molecule has 0 spiro atoms. The second kappa shape index (κ2) is 8.45. The molecule has 0 saturated heterocycles. The summed E-state index contributed by atoms with van der Waals surface area (Å²) in [7, 11) is 0. The summed E-state index contributed by atoms with van der Waals surface area (Å²) in [5.41, 5.74) is 0.619. The summed E-state index contributed by atoms with van der Waals surface area (Å²) in [5.74, 6) is 0.488. The zero-order valence-electron chi connectivity index (χ0n) is 17.2. The van der Waals surface area contributed by atoms with Gasteiger partial charge in [-0.15, -0.1) is 0 Å². The number of nitrogens with one attached hydrogen (secondary N) is 1. The SMILES string of the molecule is Cc1onc2c1c(=O)n(CCCCCNC(=O)OC(C)(C)C)c1cccc(Cl)c21. The molecule has 3 rings (SSSR count). The van der Waals surface area contributed by atoms with Gasteiger partial charge in [0.05, 0.1) is 10.5 Å². The highest BCUT2D eigenvalue weighted by molar-refractivity contribution is 6.37. The van der Waals surface area contributed by atoms with E-state index < -0.39 is 11.7 Å². The number of fused-ring (bicyclic) bond motifs is 3. The minimum atomic E-state index is -0.508. The van der Waals surface area contributed by atoms with Gasteiger partial charge in [-0.25, -0.2) is 4.79 Å². The van der Waals surface area contributed by atoms with Crippen LogP contribution in [0.15, 0.2) is 27.5 Å². The Kier molecular flexibility index (Phi) is 6.17. The third kappa shape index (κ3) is 4.72. The number of benzene rings is 1. The highest BCUT2D eigenvalue weighted by Crippen LogP contribution is 2.30. The lowest BCUT2D eigenvalue weighted by Crippen LogP contribution is -2.33. The average molecular weight is 420 g/mol. The number of aromatic nitrogens is 2. The van der Waals surface area contributed by atoms with Crippen LogP contribution in [0.1, 0.15) is 45.8 Å². The van der Waals surface area contributed by atoms with E-state index in [0.29, 0.717) is 34.8 Å². The summed E-state index contributed by atoms with van der Waals surface area (Å²) in [6.07, 6.45) is 2.02. The number of ether oxygens (including phenoxy) is 1. The van der Waals surface area contributed by atoms with Crippen molar-refractivity contribution in [1.29, 1.82) is 0 Å². The zero-order chi connectivity index (χ0) is 21.2. The van der Waals surface area contributed by atoms with Gasteiger partial charge in [-0.05, 0) is 59.1 Å². The lowest BCUT2D eigenvalue weighted by molar-refractivity contribution is 0.0527. The fraction of sp³-hybridized carbons (Fsp3) is 0.476. The number of amides is 1. The Morgan fingerprint density at radius 1 is 1.24 bits per heavy atom. The van der Waals surface area contributed by atoms with E-state index in [4.69, 9.17) is 20.9 Å². The van der Waals surface area contributed by atoms with Gasteiger partial charge >= 0.3 is 6.09 Å². The Balaban J connectivity index is 1.68. The largest absolute Gasteiger partial charge is 0.444 e. The van der Waals surface area contributed by atoms with Crippen molar-refractivity contribution < 1.29 is 14.1 Å². The molecule has 0 fully saturated rings. The lowest BCUT2D eigenvalue weighted by Gasteiger charge is -2.19. The first-order valence-corrected chi connectivity index (χ1v) is 10.1. The molecule has 1 aromatic carbocycles. The highest BCUT2D eigenvalue weighted by atomic mass is 35.5. The van der Waals surface area contributed by atoms with Gasteiger partial charge in [0.15, 0.2) is 0 Å². The molecule has 0 aliphatic carbocycles. The average Bonchev–Trinajstić information content (AvgIpc) is 3.00. The van der Waals surface area contributed by atoms with Gasteiger partial charge in [0.25, 0.3) is 5.56 Å². The summed E-state index contributed by atoms with van der Waals surface area (Å²) in [6.45, 7) is 8.29. The van der Waals surface area contributed by atoms with Crippen molar-refractivity contribution in [3.8, 4) is 0 Å². The Morgan fingerprint density at radius 3 is 2.72 bits per heavy atom. The van der Waals surface area contributed by atoms with Crippen molar-refractivity contribution in [2.75, 3.05) is 6.54 Å². The second-order valence-corrected chi connectivity index (χ2v) is 8.45. The first-order chi connectivity index (χ1) is 13.7. The van der Waals surface area contributed by atoms with E-state index in [-0.39, 0.29) is 5.56 Å². The fourth-order valence-corrected chi connectivity index (χ4v) is 3.57. The van der Waals surface area contributed by atoms with Crippen molar-refractivity contribution in [2.24, 2.45) is 0 Å². The smallest absolute Gasteiger partial charge is 0.407 e. The Labute approximate surface area is 173 Å². The Bertz CT molecular complexity index is 1100. The molecule has 0 aliphatic rings. The normalized spacial score (nSPS) is 11.9. The molecular weight excluding hydrogens is 394 g/mol. The number of halogens is 1.